The molecule has 1 aromatic carbocycles. The number of aliphatic carboxylic acids is 1. The van der Waals surface area contributed by atoms with Crippen molar-refractivity contribution in [1.29, 1.82) is 0 Å². The summed E-state index contributed by atoms with van der Waals surface area (Å²) in [6.07, 6.45) is 0. The van der Waals surface area contributed by atoms with Gasteiger partial charge >= 0.3 is 5.97 Å². The molecule has 0 aliphatic carbocycles. The van der Waals surface area contributed by atoms with E-state index in [1.165, 1.54) is 0 Å². The summed E-state index contributed by atoms with van der Waals surface area (Å²) in [4.78, 5) is 23.0. The largest absolute Gasteiger partial charge is 0.490 e. The number of carboxylic acids is 1. The highest BCUT2D eigenvalue weighted by molar-refractivity contribution is 5.99. The Morgan fingerprint density at radius 3 is 2.68 bits per heavy atom. The smallest absolute Gasteiger partial charge is 0.329 e. The van der Waals surface area contributed by atoms with E-state index in [4.69, 9.17) is 9.84 Å². The molecule has 1 unspecified atom stereocenters. The van der Waals surface area contributed by atoms with Crippen molar-refractivity contribution in [3.8, 4) is 5.75 Å². The molecule has 1 amide bonds. The van der Waals surface area contributed by atoms with Crippen molar-refractivity contribution in [2.75, 3.05) is 6.61 Å². The summed E-state index contributed by atoms with van der Waals surface area (Å²) in [5.41, 5.74) is 1.29. The van der Waals surface area contributed by atoms with Crippen LogP contribution in [0, 0.1) is 0 Å². The number of benzene rings is 1. The van der Waals surface area contributed by atoms with Crippen LogP contribution in [0.15, 0.2) is 18.2 Å². The fraction of sp³-hybridized carbons (Fsp3) is 0.429. The van der Waals surface area contributed by atoms with Crippen LogP contribution in [-0.4, -0.2) is 29.6 Å². The molecule has 0 radical (unpaired) electrons. The fourth-order valence-electron chi connectivity index (χ4n) is 1.88. The molecule has 2 rings (SSSR count). The Balaban J connectivity index is 2.39. The minimum atomic E-state index is -1.10. The Hall–Kier alpha value is -2.04. The number of ether oxygens (including phenoxy) is 1. The third kappa shape index (κ3) is 2.70. The van der Waals surface area contributed by atoms with Crippen LogP contribution in [0.2, 0.25) is 0 Å². The number of rotatable bonds is 1. The first-order valence-corrected chi connectivity index (χ1v) is 6.10. The lowest BCUT2D eigenvalue weighted by atomic mass is 9.86. The molecule has 0 fully saturated rings. The van der Waals surface area contributed by atoms with Crippen LogP contribution in [-0.2, 0) is 10.2 Å². The minimum absolute atomic E-state index is 0.0665. The van der Waals surface area contributed by atoms with Gasteiger partial charge in [-0.3, -0.25) is 4.79 Å². The first kappa shape index (κ1) is 13.4. The fourth-order valence-corrected chi connectivity index (χ4v) is 1.88. The maximum atomic E-state index is 12.0. The summed E-state index contributed by atoms with van der Waals surface area (Å²) in [6, 6.07) is 4.36. The first-order chi connectivity index (χ1) is 8.79. The number of fused-ring (bicyclic) bond motifs is 1. The van der Waals surface area contributed by atoms with Gasteiger partial charge in [-0.1, -0.05) is 26.8 Å². The van der Waals surface area contributed by atoms with Gasteiger partial charge in [0.1, 0.15) is 12.4 Å². The molecule has 5 nitrogen and oxygen atoms in total. The molecule has 1 heterocycles. The number of nitrogens with one attached hydrogen (secondary N) is 1. The Bertz CT molecular complexity index is 531. The Kier molecular flexibility index (Phi) is 3.22. The van der Waals surface area contributed by atoms with Crippen LogP contribution in [0.4, 0.5) is 0 Å². The number of hydrogen-bond donors (Lipinski definition) is 2. The van der Waals surface area contributed by atoms with E-state index < -0.39 is 17.9 Å². The second-order valence-corrected chi connectivity index (χ2v) is 5.64. The van der Waals surface area contributed by atoms with Crippen molar-refractivity contribution in [2.24, 2.45) is 0 Å². The maximum Gasteiger partial charge on any atom is 0.329 e. The van der Waals surface area contributed by atoms with Crippen molar-refractivity contribution < 1.29 is 19.4 Å². The van der Waals surface area contributed by atoms with Gasteiger partial charge in [-0.2, -0.15) is 0 Å². The maximum absolute atomic E-state index is 12.0. The van der Waals surface area contributed by atoms with Crippen molar-refractivity contribution in [3.63, 3.8) is 0 Å². The van der Waals surface area contributed by atoms with Gasteiger partial charge in [-0.05, 0) is 23.1 Å². The molecule has 0 saturated carbocycles. The summed E-state index contributed by atoms with van der Waals surface area (Å²) < 4.78 is 5.40. The van der Waals surface area contributed by atoms with Crippen LogP contribution in [0.3, 0.4) is 0 Å². The molecule has 1 aromatic rings. The zero-order valence-electron chi connectivity index (χ0n) is 11.2. The van der Waals surface area contributed by atoms with E-state index in [9.17, 15) is 9.59 Å². The molecular weight excluding hydrogens is 246 g/mol. The molecule has 0 spiro atoms. The second kappa shape index (κ2) is 4.57. The summed E-state index contributed by atoms with van der Waals surface area (Å²) in [5.74, 6) is -1.09. The van der Waals surface area contributed by atoms with Gasteiger partial charge in [0, 0.05) is 0 Å². The van der Waals surface area contributed by atoms with E-state index in [0.717, 1.165) is 5.56 Å². The number of amides is 1. The van der Waals surface area contributed by atoms with E-state index in [1.54, 1.807) is 12.1 Å². The predicted molar refractivity (Wildman–Crippen MR) is 69.5 cm³/mol. The summed E-state index contributed by atoms with van der Waals surface area (Å²) in [5, 5.41) is 11.4. The van der Waals surface area contributed by atoms with Gasteiger partial charge in [0.25, 0.3) is 5.91 Å². The molecule has 1 atom stereocenters. The minimum Gasteiger partial charge on any atom is -0.490 e. The van der Waals surface area contributed by atoms with Crippen molar-refractivity contribution >= 4 is 11.9 Å². The highest BCUT2D eigenvalue weighted by Gasteiger charge is 2.28. The van der Waals surface area contributed by atoms with Crippen molar-refractivity contribution in [1.82, 2.24) is 5.32 Å². The highest BCUT2D eigenvalue weighted by Crippen LogP contribution is 2.29. The van der Waals surface area contributed by atoms with Crippen molar-refractivity contribution in [3.05, 3.63) is 29.3 Å². The standard InChI is InChI=1S/C14H17NO4/c1-14(2,3)8-4-5-11-9(6-8)12(16)15-10(7-19-11)13(17)18/h4-6,10H,7H2,1-3H3,(H,15,16)(H,17,18). The van der Waals surface area contributed by atoms with Gasteiger partial charge < -0.3 is 15.2 Å². The molecule has 1 aliphatic rings. The van der Waals surface area contributed by atoms with E-state index >= 15 is 0 Å². The summed E-state index contributed by atoms with van der Waals surface area (Å²) in [6.45, 7) is 6.07. The van der Waals surface area contributed by atoms with Crippen LogP contribution < -0.4 is 10.1 Å². The normalized spacial score (nSPS) is 18.9. The third-order valence-corrected chi connectivity index (χ3v) is 3.10. The quantitative estimate of drug-likeness (QED) is 0.806. The van der Waals surface area contributed by atoms with Crippen LogP contribution >= 0.6 is 0 Å². The average molecular weight is 263 g/mol. The van der Waals surface area contributed by atoms with Crippen LogP contribution in [0.1, 0.15) is 36.7 Å². The van der Waals surface area contributed by atoms with Crippen LogP contribution in [0.25, 0.3) is 0 Å². The number of carboxylic acid groups (broad SMARTS) is 1. The molecule has 0 aromatic heterocycles. The molecule has 102 valence electrons. The average Bonchev–Trinajstić information content (AvgIpc) is 2.47. The highest BCUT2D eigenvalue weighted by atomic mass is 16.5. The van der Waals surface area contributed by atoms with Crippen molar-refractivity contribution in [2.45, 2.75) is 32.2 Å². The molecule has 1 aliphatic heterocycles. The Labute approximate surface area is 111 Å². The molecule has 0 bridgehead atoms. The Morgan fingerprint density at radius 2 is 2.11 bits per heavy atom. The van der Waals surface area contributed by atoms with Gasteiger partial charge in [-0.15, -0.1) is 0 Å². The number of carbonyl (C=O) groups excluding carboxylic acids is 1. The molecule has 2 N–H and O–H groups in total. The first-order valence-electron chi connectivity index (χ1n) is 6.10. The van der Waals surface area contributed by atoms with E-state index in [-0.39, 0.29) is 12.0 Å². The third-order valence-electron chi connectivity index (χ3n) is 3.10. The molecule has 0 saturated heterocycles. The van der Waals surface area contributed by atoms with Gasteiger partial charge in [0.05, 0.1) is 5.56 Å². The summed E-state index contributed by atoms with van der Waals surface area (Å²) in [7, 11) is 0. The van der Waals surface area contributed by atoms with E-state index in [2.05, 4.69) is 5.32 Å². The predicted octanol–water partition coefficient (Wildman–Crippen LogP) is 1.56. The topological polar surface area (TPSA) is 75.6 Å². The lowest BCUT2D eigenvalue weighted by Crippen LogP contribution is -2.42. The Morgan fingerprint density at radius 1 is 1.42 bits per heavy atom. The molecular formula is C14H17NO4. The SMILES string of the molecule is CC(C)(C)c1ccc2c(c1)C(=O)NC(C(=O)O)CO2. The molecule has 19 heavy (non-hydrogen) atoms. The van der Waals surface area contributed by atoms with Gasteiger partial charge in [0.2, 0.25) is 0 Å². The van der Waals surface area contributed by atoms with Gasteiger partial charge in [-0.25, -0.2) is 4.79 Å². The second-order valence-electron chi connectivity index (χ2n) is 5.64. The van der Waals surface area contributed by atoms with E-state index in [0.29, 0.717) is 11.3 Å². The van der Waals surface area contributed by atoms with E-state index in [1.807, 2.05) is 26.8 Å². The number of hydrogen-bond acceptors (Lipinski definition) is 3. The summed E-state index contributed by atoms with van der Waals surface area (Å²) >= 11 is 0. The molecule has 5 heteroatoms. The van der Waals surface area contributed by atoms with Gasteiger partial charge in [0.15, 0.2) is 6.04 Å². The monoisotopic (exact) mass is 263 g/mol. The lowest BCUT2D eigenvalue weighted by molar-refractivity contribution is -0.139. The zero-order valence-corrected chi connectivity index (χ0v) is 11.2. The zero-order chi connectivity index (χ0) is 14.2. The van der Waals surface area contributed by atoms with Crippen LogP contribution in [0.5, 0.6) is 5.75 Å². The number of carbonyl (C=O) groups is 2. The lowest BCUT2D eigenvalue weighted by Gasteiger charge is -2.20.